The fourth-order valence-electron chi connectivity index (χ4n) is 7.15. The monoisotopic (exact) mass is 965 g/mol. The van der Waals surface area contributed by atoms with Gasteiger partial charge >= 0.3 is 17.9 Å². The van der Waals surface area contributed by atoms with Gasteiger partial charge in [-0.25, -0.2) is 4.79 Å². The van der Waals surface area contributed by atoms with Crippen molar-refractivity contribution in [1.82, 2.24) is 0 Å². The number of likely N-dealkylation sites (N-methyl/N-ethyl adjacent to an activating group) is 1. The molecule has 9 heteroatoms. The molecule has 0 aromatic rings. The number of nitrogens with zero attached hydrogens (tertiary/aromatic N) is 1. The van der Waals surface area contributed by atoms with Gasteiger partial charge in [-0.2, -0.15) is 0 Å². The van der Waals surface area contributed by atoms with Crippen LogP contribution in [0.3, 0.4) is 0 Å². The van der Waals surface area contributed by atoms with Gasteiger partial charge in [0.15, 0.2) is 6.10 Å². The van der Waals surface area contributed by atoms with Gasteiger partial charge in [-0.1, -0.05) is 214 Å². The van der Waals surface area contributed by atoms with E-state index in [0.717, 1.165) is 89.9 Å². The topological polar surface area (TPSA) is 108 Å². The minimum Gasteiger partial charge on any atom is -0.477 e. The fourth-order valence-corrected chi connectivity index (χ4v) is 7.15. The van der Waals surface area contributed by atoms with Crippen LogP contribution in [0, 0.1) is 0 Å². The Balaban J connectivity index is 4.03. The normalized spacial score (nSPS) is 13.6. The third-order valence-electron chi connectivity index (χ3n) is 11.4. The first-order valence-corrected chi connectivity index (χ1v) is 27.4. The molecule has 0 spiro atoms. The van der Waals surface area contributed by atoms with Crippen LogP contribution in [0.2, 0.25) is 0 Å². The third-order valence-corrected chi connectivity index (χ3v) is 11.4. The van der Waals surface area contributed by atoms with Gasteiger partial charge in [0, 0.05) is 12.8 Å². The molecule has 0 aromatic heterocycles. The summed E-state index contributed by atoms with van der Waals surface area (Å²) in [5.41, 5.74) is 0. The number of carbonyl (C=O) groups excluding carboxylic acids is 2. The number of aliphatic carboxylic acids is 1. The van der Waals surface area contributed by atoms with Crippen LogP contribution in [0.5, 0.6) is 0 Å². The molecule has 2 unspecified atom stereocenters. The summed E-state index contributed by atoms with van der Waals surface area (Å²) < 4.78 is 22.7. The number of hydrogen-bond donors (Lipinski definition) is 1. The molecular weight excluding hydrogens is 863 g/mol. The number of ether oxygens (including phenoxy) is 4. The van der Waals surface area contributed by atoms with Crippen molar-refractivity contribution in [1.29, 1.82) is 0 Å². The molecule has 2 atom stereocenters. The number of esters is 2. The number of hydrogen-bond acceptors (Lipinski definition) is 7. The Morgan fingerprint density at radius 1 is 0.449 bits per heavy atom. The van der Waals surface area contributed by atoms with Crippen LogP contribution in [0.25, 0.3) is 0 Å². The maximum atomic E-state index is 12.8. The standard InChI is InChI=1S/C60H101NO8/c1-6-8-10-12-14-15-16-17-18-19-20-21-22-23-24-25-26-27-28-29-30-31-32-33-34-35-36-37-38-39-40-41-42-43-45-47-49-51-58(63)69-56(54-67-57(62)50-48-46-44-13-11-9-7-2)55-68-60(59(64)65)66-53-52-61(3,4)5/h8,10,14-15,17-18,20-21,23-24,26-27,29-30,32-33,56,60H,6-7,9,11-13,16,19,22,25,28,31,34-55H2,1-5H3/p+1/b10-8-,15-14-,18-17-,21-20-,24-23-,27-26-,30-29-,33-32-. The van der Waals surface area contributed by atoms with Crippen molar-refractivity contribution < 1.29 is 42.9 Å². The summed E-state index contributed by atoms with van der Waals surface area (Å²) in [5, 5.41) is 9.63. The zero-order valence-corrected chi connectivity index (χ0v) is 44.7. The summed E-state index contributed by atoms with van der Waals surface area (Å²) >= 11 is 0. The van der Waals surface area contributed by atoms with Gasteiger partial charge in [0.2, 0.25) is 0 Å². The summed E-state index contributed by atoms with van der Waals surface area (Å²) in [5.74, 6) is -2.02. The highest BCUT2D eigenvalue weighted by Gasteiger charge is 2.25. The lowest BCUT2D eigenvalue weighted by Gasteiger charge is -2.25. The van der Waals surface area contributed by atoms with Gasteiger partial charge in [-0.05, 0) is 77.0 Å². The number of carboxylic acids is 1. The molecule has 0 rings (SSSR count). The SMILES string of the molecule is CC/C=C\C/C=C\C/C=C\C/C=C\C/C=C\C/C=C\C/C=C\C/C=C\CCCCCCCCCCCCCCC(=O)OC(COC(=O)CCCCCCCCC)COC(OCC[N+](C)(C)C)C(=O)O. The Bertz CT molecular complexity index is 1450. The van der Waals surface area contributed by atoms with Gasteiger partial charge < -0.3 is 28.5 Å². The zero-order chi connectivity index (χ0) is 50.6. The molecule has 0 saturated heterocycles. The number of carboxylic acid groups (broad SMARTS) is 1. The van der Waals surface area contributed by atoms with Gasteiger partial charge in [-0.15, -0.1) is 0 Å². The molecule has 0 amide bonds. The second-order valence-electron chi connectivity index (χ2n) is 19.2. The number of allylic oxidation sites excluding steroid dienone is 16. The Morgan fingerprint density at radius 3 is 1.23 bits per heavy atom. The number of quaternary nitrogens is 1. The molecule has 0 radical (unpaired) electrons. The number of unbranched alkanes of at least 4 members (excludes halogenated alkanes) is 18. The third kappa shape index (κ3) is 51.9. The molecule has 394 valence electrons. The summed E-state index contributed by atoms with van der Waals surface area (Å²) in [6.45, 7) is 4.69. The van der Waals surface area contributed by atoms with Crippen molar-refractivity contribution in [2.75, 3.05) is 47.5 Å². The first kappa shape index (κ1) is 65.2. The van der Waals surface area contributed by atoms with E-state index >= 15 is 0 Å². The molecule has 0 bridgehead atoms. The minimum atomic E-state index is -1.51. The van der Waals surface area contributed by atoms with E-state index in [1.54, 1.807) is 0 Å². The fraction of sp³-hybridized carbons (Fsp3) is 0.683. The number of carbonyl (C=O) groups is 3. The summed E-state index contributed by atoms with van der Waals surface area (Å²) in [6.07, 6.45) is 65.2. The highest BCUT2D eigenvalue weighted by atomic mass is 16.7. The minimum absolute atomic E-state index is 0.185. The van der Waals surface area contributed by atoms with Crippen LogP contribution < -0.4 is 0 Å². The molecule has 9 nitrogen and oxygen atoms in total. The van der Waals surface area contributed by atoms with Crippen molar-refractivity contribution in [3.8, 4) is 0 Å². The second-order valence-corrected chi connectivity index (χ2v) is 19.2. The quantitative estimate of drug-likeness (QED) is 0.0211. The molecule has 69 heavy (non-hydrogen) atoms. The average molecular weight is 965 g/mol. The molecular formula is C60H102NO8+. The Hall–Kier alpha value is -3.79. The molecule has 0 saturated carbocycles. The van der Waals surface area contributed by atoms with Crippen LogP contribution in [0.1, 0.15) is 206 Å². The van der Waals surface area contributed by atoms with Gasteiger partial charge in [0.1, 0.15) is 13.2 Å². The van der Waals surface area contributed by atoms with Crippen LogP contribution in [-0.2, 0) is 33.3 Å². The van der Waals surface area contributed by atoms with E-state index < -0.39 is 24.3 Å². The lowest BCUT2D eigenvalue weighted by Crippen LogP contribution is -2.40. The van der Waals surface area contributed by atoms with Crippen molar-refractivity contribution in [3.05, 3.63) is 97.2 Å². The van der Waals surface area contributed by atoms with Gasteiger partial charge in [0.25, 0.3) is 6.29 Å². The van der Waals surface area contributed by atoms with Crippen LogP contribution >= 0.6 is 0 Å². The van der Waals surface area contributed by atoms with Crippen LogP contribution in [0.4, 0.5) is 0 Å². The van der Waals surface area contributed by atoms with Crippen LogP contribution in [-0.4, -0.2) is 87.4 Å². The summed E-state index contributed by atoms with van der Waals surface area (Å²) in [6, 6.07) is 0. The lowest BCUT2D eigenvalue weighted by molar-refractivity contribution is -0.870. The maximum absolute atomic E-state index is 12.8. The van der Waals surface area contributed by atoms with E-state index in [1.165, 1.54) is 83.5 Å². The zero-order valence-electron chi connectivity index (χ0n) is 44.7. The lowest BCUT2D eigenvalue weighted by atomic mass is 10.0. The van der Waals surface area contributed by atoms with E-state index in [-0.39, 0.29) is 32.2 Å². The van der Waals surface area contributed by atoms with Crippen molar-refractivity contribution in [2.24, 2.45) is 0 Å². The molecule has 1 N–H and O–H groups in total. The molecule has 0 aliphatic rings. The smallest absolute Gasteiger partial charge is 0.361 e. The number of rotatable bonds is 49. The molecule has 0 aromatic carbocycles. The van der Waals surface area contributed by atoms with E-state index in [2.05, 4.69) is 111 Å². The Kier molecular flexibility index (Phi) is 47.8. The Morgan fingerprint density at radius 2 is 0.826 bits per heavy atom. The highest BCUT2D eigenvalue weighted by Crippen LogP contribution is 2.15. The van der Waals surface area contributed by atoms with E-state index in [4.69, 9.17) is 18.9 Å². The Labute approximate surface area is 422 Å². The van der Waals surface area contributed by atoms with Crippen molar-refractivity contribution in [3.63, 3.8) is 0 Å². The van der Waals surface area contributed by atoms with E-state index in [0.29, 0.717) is 23.9 Å². The van der Waals surface area contributed by atoms with Gasteiger partial charge in [-0.3, -0.25) is 9.59 Å². The summed E-state index contributed by atoms with van der Waals surface area (Å²) in [7, 11) is 5.95. The van der Waals surface area contributed by atoms with E-state index in [1.807, 2.05) is 21.1 Å². The highest BCUT2D eigenvalue weighted by molar-refractivity contribution is 5.71. The molecule has 0 heterocycles. The molecule has 0 fully saturated rings. The van der Waals surface area contributed by atoms with Crippen molar-refractivity contribution in [2.45, 2.75) is 219 Å². The predicted molar refractivity (Wildman–Crippen MR) is 290 cm³/mol. The van der Waals surface area contributed by atoms with Gasteiger partial charge in [0.05, 0.1) is 34.4 Å². The first-order valence-electron chi connectivity index (χ1n) is 27.4. The maximum Gasteiger partial charge on any atom is 0.361 e. The molecule has 0 aliphatic heterocycles. The average Bonchev–Trinajstić information content (AvgIpc) is 3.31. The molecule has 0 aliphatic carbocycles. The summed E-state index contributed by atoms with van der Waals surface area (Å²) in [4.78, 5) is 37.0. The first-order chi connectivity index (χ1) is 33.6. The van der Waals surface area contributed by atoms with Crippen LogP contribution in [0.15, 0.2) is 97.2 Å². The van der Waals surface area contributed by atoms with E-state index in [9.17, 15) is 19.5 Å². The predicted octanol–water partition coefficient (Wildman–Crippen LogP) is 15.8. The van der Waals surface area contributed by atoms with Crippen molar-refractivity contribution >= 4 is 17.9 Å². The second kappa shape index (κ2) is 50.6. The largest absolute Gasteiger partial charge is 0.477 e.